The number of aliphatic carboxylic acids is 1. The minimum atomic E-state index is -1.24. The maximum Gasteiger partial charge on any atom is 0.333 e. The maximum absolute atomic E-state index is 11.1. The molecule has 0 radical (unpaired) electrons. The van der Waals surface area contributed by atoms with Gasteiger partial charge in [0.25, 0.3) is 12.2 Å². The van der Waals surface area contributed by atoms with Crippen LogP contribution in [0, 0.1) is 17.9 Å². The zero-order chi connectivity index (χ0) is 28.0. The number of nitriles is 1. The van der Waals surface area contributed by atoms with E-state index in [0.29, 0.717) is 0 Å². The Morgan fingerprint density at radius 1 is 1.05 bits per heavy atom. The highest BCUT2D eigenvalue weighted by Gasteiger charge is 2.20. The van der Waals surface area contributed by atoms with Gasteiger partial charge in [0.2, 0.25) is 5.76 Å². The van der Waals surface area contributed by atoms with E-state index in [9.17, 15) is 9.59 Å². The number of carbonyl (C=O) groups excluding carboxylic acids is 1. The second-order valence-corrected chi connectivity index (χ2v) is 9.03. The number of rotatable bonds is 12. The number of allylic oxidation sites excluding steroid dienone is 5. The number of unbranched alkanes of at least 4 members (excludes halogenated alkanes) is 3. The standard InChI is InChI=1S/C32H31N3O4/c1-3-4-5-6-19-35-30-17-13-24(9-7-11-28(22-33)39-23-36)20-26(30)15-16-27-21-25(14-18-31(27)35)10-8-12-29(34-2)32(37)38/h7-14,17-18,20-21,23H,3-6,15-16,19H2,1H3,(H,37,38)/b9-7+,10-8+,28-11-,29-12+. The van der Waals surface area contributed by atoms with Crippen LogP contribution in [0.2, 0.25) is 0 Å². The third kappa shape index (κ3) is 8.05. The first-order chi connectivity index (χ1) is 19.0. The zero-order valence-electron chi connectivity index (χ0n) is 22.0. The first-order valence-electron chi connectivity index (χ1n) is 12.9. The molecule has 7 nitrogen and oxygen atoms in total. The van der Waals surface area contributed by atoms with Gasteiger partial charge in [0.05, 0.1) is 6.57 Å². The Labute approximate surface area is 229 Å². The highest BCUT2D eigenvalue weighted by molar-refractivity contribution is 5.89. The van der Waals surface area contributed by atoms with Crippen LogP contribution in [0.25, 0.3) is 17.0 Å². The van der Waals surface area contributed by atoms with Crippen molar-refractivity contribution in [1.82, 2.24) is 0 Å². The summed E-state index contributed by atoms with van der Waals surface area (Å²) in [6, 6.07) is 14.4. The second-order valence-electron chi connectivity index (χ2n) is 9.03. The summed E-state index contributed by atoms with van der Waals surface area (Å²) in [5.74, 6) is -1.31. The van der Waals surface area contributed by atoms with Gasteiger partial charge in [0, 0.05) is 17.9 Å². The summed E-state index contributed by atoms with van der Waals surface area (Å²) in [5.41, 5.74) is 6.38. The second kappa shape index (κ2) is 14.8. The molecule has 7 heteroatoms. The number of hydrogen-bond donors (Lipinski definition) is 1. The van der Waals surface area contributed by atoms with E-state index in [-0.39, 0.29) is 17.9 Å². The lowest BCUT2D eigenvalue weighted by Gasteiger charge is -2.27. The molecule has 0 amide bonds. The predicted molar refractivity (Wildman–Crippen MR) is 153 cm³/mol. The molecule has 0 atom stereocenters. The fourth-order valence-electron chi connectivity index (χ4n) is 4.49. The minimum Gasteiger partial charge on any atom is -0.486 e. The van der Waals surface area contributed by atoms with Crippen molar-refractivity contribution in [2.75, 3.05) is 11.4 Å². The summed E-state index contributed by atoms with van der Waals surface area (Å²) in [6.45, 7) is 10.3. The average Bonchev–Trinajstić information content (AvgIpc) is 3.09. The number of carboxylic acids is 1. The highest BCUT2D eigenvalue weighted by Crippen LogP contribution is 2.37. The van der Waals surface area contributed by atoms with Crippen LogP contribution >= 0.6 is 0 Å². The summed E-state index contributed by atoms with van der Waals surface area (Å²) in [4.78, 5) is 27.0. The van der Waals surface area contributed by atoms with Crippen molar-refractivity contribution >= 4 is 36.0 Å². The van der Waals surface area contributed by atoms with Crippen LogP contribution in [-0.2, 0) is 27.2 Å². The van der Waals surface area contributed by atoms with Crippen molar-refractivity contribution in [2.45, 2.75) is 45.4 Å². The smallest absolute Gasteiger partial charge is 0.333 e. The number of nitrogens with zero attached hydrogens (tertiary/aromatic N) is 3. The monoisotopic (exact) mass is 521 g/mol. The van der Waals surface area contributed by atoms with Gasteiger partial charge >= 0.3 is 5.97 Å². The van der Waals surface area contributed by atoms with Gasteiger partial charge < -0.3 is 14.7 Å². The molecule has 0 saturated heterocycles. The lowest BCUT2D eigenvalue weighted by Crippen LogP contribution is -2.19. The number of benzene rings is 2. The van der Waals surface area contributed by atoms with E-state index in [0.717, 1.165) is 43.4 Å². The number of aryl methyl sites for hydroxylation is 2. The van der Waals surface area contributed by atoms with E-state index in [4.69, 9.17) is 16.9 Å². The Hall–Kier alpha value is -4.88. The first-order valence-corrected chi connectivity index (χ1v) is 12.9. The van der Waals surface area contributed by atoms with Crippen molar-refractivity contribution in [2.24, 2.45) is 0 Å². The van der Waals surface area contributed by atoms with Crippen LogP contribution in [-0.4, -0.2) is 24.1 Å². The highest BCUT2D eigenvalue weighted by atomic mass is 16.5. The molecule has 0 saturated carbocycles. The van der Waals surface area contributed by atoms with E-state index in [1.807, 2.05) is 30.4 Å². The van der Waals surface area contributed by atoms with Gasteiger partial charge in [0.15, 0.2) is 0 Å². The summed E-state index contributed by atoms with van der Waals surface area (Å²) in [7, 11) is 0. The Morgan fingerprint density at radius 2 is 1.67 bits per heavy atom. The van der Waals surface area contributed by atoms with Gasteiger partial charge in [-0.1, -0.05) is 62.6 Å². The molecule has 3 rings (SSSR count). The van der Waals surface area contributed by atoms with Crippen LogP contribution in [0.15, 0.2) is 72.2 Å². The van der Waals surface area contributed by atoms with Crippen LogP contribution in [0.1, 0.15) is 54.9 Å². The summed E-state index contributed by atoms with van der Waals surface area (Å²) < 4.78 is 4.62. The van der Waals surface area contributed by atoms with Crippen molar-refractivity contribution in [3.63, 3.8) is 0 Å². The lowest BCUT2D eigenvalue weighted by molar-refractivity contribution is -0.132. The fraction of sp³-hybridized carbons (Fsp3) is 0.250. The van der Waals surface area contributed by atoms with E-state index in [1.54, 1.807) is 12.2 Å². The molecule has 0 aliphatic carbocycles. The first kappa shape index (κ1) is 28.7. The number of ether oxygens (including phenoxy) is 1. The molecule has 0 aromatic heterocycles. The average molecular weight is 522 g/mol. The number of fused-ring (bicyclic) bond motifs is 2. The fourth-order valence-corrected chi connectivity index (χ4v) is 4.49. The van der Waals surface area contributed by atoms with Crippen molar-refractivity contribution in [3.8, 4) is 6.07 Å². The molecule has 198 valence electrons. The molecule has 1 aliphatic heterocycles. The van der Waals surface area contributed by atoms with Crippen LogP contribution < -0.4 is 4.90 Å². The van der Waals surface area contributed by atoms with Crippen molar-refractivity contribution in [3.05, 3.63) is 106 Å². The molecule has 0 unspecified atom stereocenters. The molecule has 0 fully saturated rings. The lowest BCUT2D eigenvalue weighted by atomic mass is 10.0. The molecule has 1 N–H and O–H groups in total. The largest absolute Gasteiger partial charge is 0.486 e. The Balaban J connectivity index is 1.92. The summed E-state index contributed by atoms with van der Waals surface area (Å²) in [5, 5.41) is 18.0. The molecule has 1 heterocycles. The van der Waals surface area contributed by atoms with Gasteiger partial charge in [-0.2, -0.15) is 5.26 Å². The van der Waals surface area contributed by atoms with E-state index >= 15 is 0 Å². The SMILES string of the molecule is [C-]#[N+]/C(=C/C=C/c1ccc2c(c1)CCc1cc(/C=C/C=C(/C#N)OC=O)ccc1N2CCCCCC)C(=O)O. The molecule has 39 heavy (non-hydrogen) atoms. The molecule has 0 bridgehead atoms. The van der Waals surface area contributed by atoms with Crippen molar-refractivity contribution < 1.29 is 19.4 Å². The van der Waals surface area contributed by atoms with Crippen LogP contribution in [0.5, 0.6) is 0 Å². The molecule has 1 aliphatic rings. The molecule has 0 spiro atoms. The van der Waals surface area contributed by atoms with Gasteiger partial charge in [-0.3, -0.25) is 9.59 Å². The third-order valence-corrected chi connectivity index (χ3v) is 6.39. The normalized spacial score (nSPS) is 13.4. The summed E-state index contributed by atoms with van der Waals surface area (Å²) >= 11 is 0. The van der Waals surface area contributed by atoms with Gasteiger partial charge in [-0.05, 0) is 77.9 Å². The molecule has 2 aromatic rings. The van der Waals surface area contributed by atoms with Crippen LogP contribution in [0.4, 0.5) is 11.4 Å². The maximum atomic E-state index is 11.1. The van der Waals surface area contributed by atoms with Gasteiger partial charge in [-0.15, -0.1) is 0 Å². The van der Waals surface area contributed by atoms with Crippen molar-refractivity contribution in [1.29, 1.82) is 5.26 Å². The predicted octanol–water partition coefficient (Wildman–Crippen LogP) is 7.00. The van der Waals surface area contributed by atoms with Crippen LogP contribution in [0.3, 0.4) is 0 Å². The number of carbonyl (C=O) groups is 2. The number of hydrogen-bond acceptors (Lipinski definition) is 5. The zero-order valence-corrected chi connectivity index (χ0v) is 22.0. The number of anilines is 2. The van der Waals surface area contributed by atoms with E-state index in [1.165, 1.54) is 47.5 Å². The molecule has 2 aromatic carbocycles. The molecular weight excluding hydrogens is 490 g/mol. The quantitative estimate of drug-likeness (QED) is 0.0615. The van der Waals surface area contributed by atoms with Gasteiger partial charge in [0.1, 0.15) is 6.07 Å². The Kier molecular flexibility index (Phi) is 10.9. The van der Waals surface area contributed by atoms with Gasteiger partial charge in [-0.25, -0.2) is 4.85 Å². The topological polar surface area (TPSA) is 95.0 Å². The molecular formula is C32H31N3O4. The Bertz CT molecular complexity index is 1400. The van der Waals surface area contributed by atoms with E-state index < -0.39 is 5.97 Å². The number of carboxylic acid groups (broad SMARTS) is 1. The Morgan fingerprint density at radius 3 is 2.18 bits per heavy atom. The van der Waals surface area contributed by atoms with E-state index in [2.05, 4.69) is 45.7 Å². The third-order valence-electron chi connectivity index (χ3n) is 6.39. The summed E-state index contributed by atoms with van der Waals surface area (Å²) in [6.07, 6.45) is 16.0. The minimum absolute atomic E-state index is 0.0710.